The van der Waals surface area contributed by atoms with Crippen LogP contribution in [0.2, 0.25) is 0 Å². The molecule has 0 aliphatic heterocycles. The van der Waals surface area contributed by atoms with Crippen LogP contribution >= 0.6 is 0 Å². The van der Waals surface area contributed by atoms with Crippen LogP contribution in [0.3, 0.4) is 0 Å². The minimum absolute atomic E-state index is 0.386. The third-order valence-electron chi connectivity index (χ3n) is 2.66. The van der Waals surface area contributed by atoms with E-state index >= 15 is 0 Å². The van der Waals surface area contributed by atoms with Crippen LogP contribution in [-0.4, -0.2) is 11.8 Å². The Balaban J connectivity index is 3.57. The number of carbonyl (C=O) groups excluding carboxylic acids is 2. The number of nitrogens with two attached hydrogens (primary N) is 2. The summed E-state index contributed by atoms with van der Waals surface area (Å²) in [4.78, 5) is 22.8. The van der Waals surface area contributed by atoms with Crippen molar-refractivity contribution in [2.45, 2.75) is 12.8 Å². The standard InChI is InChI=1S/C14H16N2O2/c1-3-5-9-10(6-4-2)12(14(16)18)8-7-11(9)13(15)17/h3-4,7-8H,1-2,5-6H2,(H2,15,17)(H2,16,18). The van der Waals surface area contributed by atoms with E-state index in [0.717, 1.165) is 0 Å². The van der Waals surface area contributed by atoms with E-state index in [9.17, 15) is 9.59 Å². The first-order valence-electron chi connectivity index (χ1n) is 5.49. The zero-order valence-corrected chi connectivity index (χ0v) is 10.1. The molecule has 4 nitrogen and oxygen atoms in total. The highest BCUT2D eigenvalue weighted by Crippen LogP contribution is 2.21. The summed E-state index contributed by atoms with van der Waals surface area (Å²) in [6.45, 7) is 7.28. The van der Waals surface area contributed by atoms with Crippen molar-refractivity contribution in [3.8, 4) is 0 Å². The smallest absolute Gasteiger partial charge is 0.248 e. The molecule has 0 saturated carbocycles. The molecule has 0 unspecified atom stereocenters. The number of primary amides is 2. The van der Waals surface area contributed by atoms with Crippen molar-refractivity contribution in [3.05, 3.63) is 59.7 Å². The highest BCUT2D eigenvalue weighted by molar-refractivity contribution is 5.99. The van der Waals surface area contributed by atoms with Gasteiger partial charge < -0.3 is 11.5 Å². The van der Waals surface area contributed by atoms with Crippen LogP contribution in [0.1, 0.15) is 31.8 Å². The number of benzene rings is 1. The Morgan fingerprint density at radius 2 is 1.28 bits per heavy atom. The molecule has 4 N–H and O–H groups in total. The fourth-order valence-corrected chi connectivity index (χ4v) is 1.91. The minimum Gasteiger partial charge on any atom is -0.366 e. The SMILES string of the molecule is C=CCc1c(C(N)=O)ccc(C(N)=O)c1CC=C. The molecule has 94 valence electrons. The van der Waals surface area contributed by atoms with Gasteiger partial charge in [0.25, 0.3) is 0 Å². The highest BCUT2D eigenvalue weighted by atomic mass is 16.1. The number of allylic oxidation sites excluding steroid dienone is 2. The van der Waals surface area contributed by atoms with Crippen molar-refractivity contribution in [1.82, 2.24) is 0 Å². The summed E-state index contributed by atoms with van der Waals surface area (Å²) in [5, 5.41) is 0. The van der Waals surface area contributed by atoms with Gasteiger partial charge in [-0.05, 0) is 36.1 Å². The summed E-state index contributed by atoms with van der Waals surface area (Å²) in [6, 6.07) is 3.04. The molecule has 1 aromatic rings. The van der Waals surface area contributed by atoms with Gasteiger partial charge in [0, 0.05) is 11.1 Å². The number of amides is 2. The molecule has 0 fully saturated rings. The molecule has 18 heavy (non-hydrogen) atoms. The van der Waals surface area contributed by atoms with Gasteiger partial charge in [-0.3, -0.25) is 9.59 Å². The Morgan fingerprint density at radius 3 is 1.50 bits per heavy atom. The van der Waals surface area contributed by atoms with E-state index in [1.807, 2.05) is 0 Å². The van der Waals surface area contributed by atoms with Gasteiger partial charge in [0.05, 0.1) is 0 Å². The Hall–Kier alpha value is -2.36. The summed E-state index contributed by atoms with van der Waals surface area (Å²) in [5.41, 5.74) is 12.8. The van der Waals surface area contributed by atoms with Crippen LogP contribution in [-0.2, 0) is 12.8 Å². The molecule has 0 radical (unpaired) electrons. The first kappa shape index (κ1) is 13.7. The summed E-state index contributed by atoms with van der Waals surface area (Å²) in [5.74, 6) is -1.07. The number of hydrogen-bond donors (Lipinski definition) is 2. The van der Waals surface area contributed by atoms with Crippen LogP contribution in [0.15, 0.2) is 37.4 Å². The van der Waals surface area contributed by atoms with Crippen molar-refractivity contribution < 1.29 is 9.59 Å². The third kappa shape index (κ3) is 2.66. The number of rotatable bonds is 6. The van der Waals surface area contributed by atoms with E-state index in [4.69, 9.17) is 11.5 Å². The second-order valence-corrected chi connectivity index (χ2v) is 3.83. The summed E-state index contributed by atoms with van der Waals surface area (Å²) in [6.07, 6.45) is 4.20. The van der Waals surface area contributed by atoms with E-state index in [1.165, 1.54) is 12.1 Å². The van der Waals surface area contributed by atoms with Crippen LogP contribution in [0.25, 0.3) is 0 Å². The van der Waals surface area contributed by atoms with Crippen molar-refractivity contribution >= 4 is 11.8 Å². The number of hydrogen-bond acceptors (Lipinski definition) is 2. The monoisotopic (exact) mass is 244 g/mol. The molecule has 0 aliphatic carbocycles. The van der Waals surface area contributed by atoms with Crippen LogP contribution in [0.5, 0.6) is 0 Å². The highest BCUT2D eigenvalue weighted by Gasteiger charge is 2.17. The molecule has 4 heteroatoms. The summed E-state index contributed by atoms with van der Waals surface area (Å²) >= 11 is 0. The van der Waals surface area contributed by atoms with Gasteiger partial charge in [-0.1, -0.05) is 12.2 Å². The largest absolute Gasteiger partial charge is 0.366 e. The molecule has 0 atom stereocenters. The predicted octanol–water partition coefficient (Wildman–Crippen LogP) is 1.34. The lowest BCUT2D eigenvalue weighted by molar-refractivity contribution is 0.0987. The zero-order chi connectivity index (χ0) is 13.7. The van der Waals surface area contributed by atoms with Gasteiger partial charge in [-0.15, -0.1) is 13.2 Å². The third-order valence-corrected chi connectivity index (χ3v) is 2.66. The molecule has 2 amide bonds. The molecular weight excluding hydrogens is 228 g/mol. The Morgan fingerprint density at radius 1 is 0.944 bits per heavy atom. The van der Waals surface area contributed by atoms with Gasteiger partial charge in [-0.2, -0.15) is 0 Å². The Bertz CT molecular complexity index is 472. The topological polar surface area (TPSA) is 86.2 Å². The quantitative estimate of drug-likeness (QED) is 0.740. The molecule has 1 rings (SSSR count). The van der Waals surface area contributed by atoms with Crippen molar-refractivity contribution in [3.63, 3.8) is 0 Å². The van der Waals surface area contributed by atoms with Crippen LogP contribution in [0, 0.1) is 0 Å². The maximum absolute atomic E-state index is 11.4. The molecule has 0 aromatic heterocycles. The molecule has 0 heterocycles. The molecule has 0 bridgehead atoms. The summed E-state index contributed by atoms with van der Waals surface area (Å²) in [7, 11) is 0. The van der Waals surface area contributed by atoms with E-state index in [1.54, 1.807) is 12.2 Å². The maximum atomic E-state index is 11.4. The van der Waals surface area contributed by atoms with Crippen molar-refractivity contribution in [2.75, 3.05) is 0 Å². The van der Waals surface area contributed by atoms with Gasteiger partial charge in [-0.25, -0.2) is 0 Å². The second-order valence-electron chi connectivity index (χ2n) is 3.83. The fraction of sp³-hybridized carbons (Fsp3) is 0.143. The van der Waals surface area contributed by atoms with Crippen LogP contribution < -0.4 is 11.5 Å². The van der Waals surface area contributed by atoms with Crippen molar-refractivity contribution in [1.29, 1.82) is 0 Å². The van der Waals surface area contributed by atoms with E-state index in [0.29, 0.717) is 35.1 Å². The average molecular weight is 244 g/mol. The Labute approximate surface area is 106 Å². The minimum atomic E-state index is -0.534. The molecule has 1 aromatic carbocycles. The zero-order valence-electron chi connectivity index (χ0n) is 10.1. The van der Waals surface area contributed by atoms with Gasteiger partial charge in [0.15, 0.2) is 0 Å². The lowest BCUT2D eigenvalue weighted by Gasteiger charge is -2.14. The molecule has 0 saturated heterocycles. The predicted molar refractivity (Wildman–Crippen MR) is 71.3 cm³/mol. The molecule has 0 aliphatic rings. The van der Waals surface area contributed by atoms with Gasteiger partial charge >= 0.3 is 0 Å². The van der Waals surface area contributed by atoms with E-state index < -0.39 is 11.8 Å². The lowest BCUT2D eigenvalue weighted by Crippen LogP contribution is -2.20. The van der Waals surface area contributed by atoms with Gasteiger partial charge in [0.2, 0.25) is 11.8 Å². The summed E-state index contributed by atoms with van der Waals surface area (Å²) < 4.78 is 0. The maximum Gasteiger partial charge on any atom is 0.248 e. The first-order valence-corrected chi connectivity index (χ1v) is 5.49. The second kappa shape index (κ2) is 5.82. The van der Waals surface area contributed by atoms with E-state index in [-0.39, 0.29) is 0 Å². The van der Waals surface area contributed by atoms with Crippen molar-refractivity contribution in [2.24, 2.45) is 11.5 Å². The van der Waals surface area contributed by atoms with Crippen LogP contribution in [0.4, 0.5) is 0 Å². The Kier molecular flexibility index (Phi) is 4.43. The lowest BCUT2D eigenvalue weighted by atomic mass is 9.91. The molecule has 0 spiro atoms. The average Bonchev–Trinajstić information content (AvgIpc) is 2.30. The normalized spacial score (nSPS) is 9.78. The first-order chi connectivity index (χ1) is 8.52. The number of carbonyl (C=O) groups is 2. The fourth-order valence-electron chi connectivity index (χ4n) is 1.91. The van der Waals surface area contributed by atoms with Gasteiger partial charge in [0.1, 0.15) is 0 Å². The van der Waals surface area contributed by atoms with E-state index in [2.05, 4.69) is 13.2 Å². The molecular formula is C14H16N2O2.